The SMILES string of the molecule is CCCCCC[SiH2]OC(O[Si](CC)(CC)CC)O[Si](CC)(CC)CC. The van der Waals surface area contributed by atoms with Gasteiger partial charge in [0.05, 0.1) is 0 Å². The van der Waals surface area contributed by atoms with Gasteiger partial charge < -0.3 is 13.3 Å². The number of hydrogen-bond donors (Lipinski definition) is 0. The van der Waals surface area contributed by atoms with E-state index in [9.17, 15) is 0 Å². The van der Waals surface area contributed by atoms with Crippen molar-refractivity contribution >= 4 is 26.4 Å². The summed E-state index contributed by atoms with van der Waals surface area (Å²) in [4.78, 5) is 0. The zero-order valence-electron chi connectivity index (χ0n) is 18.3. The lowest BCUT2D eigenvalue weighted by Crippen LogP contribution is -2.48. The van der Waals surface area contributed by atoms with Crippen molar-refractivity contribution < 1.29 is 13.3 Å². The van der Waals surface area contributed by atoms with Crippen LogP contribution < -0.4 is 0 Å². The fraction of sp³-hybridized carbons (Fsp3) is 1.00. The van der Waals surface area contributed by atoms with E-state index in [1.54, 1.807) is 0 Å². The van der Waals surface area contributed by atoms with Crippen molar-refractivity contribution in [2.75, 3.05) is 0 Å². The molecule has 0 atom stereocenters. The van der Waals surface area contributed by atoms with Gasteiger partial charge in [0.2, 0.25) is 6.48 Å². The molecular formula is C19H46O3Si3. The van der Waals surface area contributed by atoms with E-state index in [-0.39, 0.29) is 6.48 Å². The lowest BCUT2D eigenvalue weighted by molar-refractivity contribution is -0.155. The van der Waals surface area contributed by atoms with Gasteiger partial charge in [0.15, 0.2) is 26.4 Å². The molecule has 0 aliphatic heterocycles. The van der Waals surface area contributed by atoms with Crippen LogP contribution in [0.15, 0.2) is 0 Å². The van der Waals surface area contributed by atoms with Gasteiger partial charge in [-0.25, -0.2) is 0 Å². The second-order valence-corrected chi connectivity index (χ2v) is 18.2. The maximum atomic E-state index is 6.64. The summed E-state index contributed by atoms with van der Waals surface area (Å²) in [6.07, 6.45) is 5.29. The van der Waals surface area contributed by atoms with Gasteiger partial charge in [0.1, 0.15) is 0 Å². The van der Waals surface area contributed by atoms with Crippen molar-refractivity contribution in [1.29, 1.82) is 0 Å². The molecule has 0 radical (unpaired) electrons. The Hall–Kier alpha value is 0.531. The lowest BCUT2D eigenvalue weighted by Gasteiger charge is -2.38. The molecule has 0 aromatic rings. The maximum absolute atomic E-state index is 6.64. The molecule has 0 bridgehead atoms. The van der Waals surface area contributed by atoms with Gasteiger partial charge in [0, 0.05) is 0 Å². The molecule has 0 N–H and O–H groups in total. The van der Waals surface area contributed by atoms with Crippen LogP contribution in [0.4, 0.5) is 0 Å². The largest absolute Gasteiger partial charge is 0.380 e. The van der Waals surface area contributed by atoms with Crippen molar-refractivity contribution in [3.63, 3.8) is 0 Å². The molecule has 0 saturated heterocycles. The molecule has 0 amide bonds. The van der Waals surface area contributed by atoms with Crippen molar-refractivity contribution in [1.82, 2.24) is 0 Å². The predicted octanol–water partition coefficient (Wildman–Crippen LogP) is 6.41. The van der Waals surface area contributed by atoms with Crippen LogP contribution in [-0.2, 0) is 13.3 Å². The molecule has 152 valence electrons. The van der Waals surface area contributed by atoms with Crippen LogP contribution in [-0.4, -0.2) is 32.9 Å². The van der Waals surface area contributed by atoms with Gasteiger partial charge >= 0.3 is 0 Å². The van der Waals surface area contributed by atoms with Crippen molar-refractivity contribution in [2.45, 2.75) is 123 Å². The second kappa shape index (κ2) is 14.6. The molecule has 0 aliphatic rings. The first-order valence-electron chi connectivity index (χ1n) is 11.0. The van der Waals surface area contributed by atoms with E-state index in [1.807, 2.05) is 0 Å². The molecule has 0 spiro atoms. The average Bonchev–Trinajstić information content (AvgIpc) is 2.66. The third-order valence-corrected chi connectivity index (χ3v) is 16.5. The average molecular weight is 407 g/mol. The quantitative estimate of drug-likeness (QED) is 0.159. The molecule has 0 rings (SSSR count). The molecule has 6 heteroatoms. The minimum atomic E-state index is -1.71. The van der Waals surface area contributed by atoms with E-state index < -0.39 is 26.4 Å². The van der Waals surface area contributed by atoms with Crippen LogP contribution in [0, 0.1) is 0 Å². The standard InChI is InChI=1S/C19H46O3Si3/c1-8-15-16-17-18-23-20-19(21-24(9-2,10-3)11-4)22-25(12-5,13-6)14-7/h19H,8-18,23H2,1-7H3. The smallest absolute Gasteiger partial charge is 0.242 e. The first kappa shape index (κ1) is 25.5. The Bertz CT molecular complexity index is 270. The summed E-state index contributed by atoms with van der Waals surface area (Å²) in [5.74, 6) is 0. The Labute approximate surface area is 162 Å². The highest BCUT2D eigenvalue weighted by molar-refractivity contribution is 6.74. The summed E-state index contributed by atoms with van der Waals surface area (Å²) in [6.45, 7) is 15.6. The summed E-state index contributed by atoms with van der Waals surface area (Å²) < 4.78 is 19.6. The Morgan fingerprint density at radius 3 is 1.44 bits per heavy atom. The summed E-state index contributed by atoms with van der Waals surface area (Å²) >= 11 is 0. The highest BCUT2D eigenvalue weighted by Crippen LogP contribution is 2.29. The molecule has 3 nitrogen and oxygen atoms in total. The molecule has 0 saturated carbocycles. The highest BCUT2D eigenvalue weighted by Gasteiger charge is 2.38. The van der Waals surface area contributed by atoms with Crippen LogP contribution in [0.3, 0.4) is 0 Å². The molecule has 0 fully saturated rings. The summed E-state index contributed by atoms with van der Waals surface area (Å²) in [6, 6.07) is 8.17. The topological polar surface area (TPSA) is 27.7 Å². The maximum Gasteiger partial charge on any atom is 0.242 e. The fourth-order valence-electron chi connectivity index (χ4n) is 3.39. The molecule has 0 aromatic heterocycles. The van der Waals surface area contributed by atoms with Gasteiger partial charge in [-0.3, -0.25) is 0 Å². The van der Waals surface area contributed by atoms with Crippen molar-refractivity contribution in [2.24, 2.45) is 0 Å². The predicted molar refractivity (Wildman–Crippen MR) is 119 cm³/mol. The Morgan fingerprint density at radius 1 is 0.640 bits per heavy atom. The highest BCUT2D eigenvalue weighted by atomic mass is 28.4. The summed E-state index contributed by atoms with van der Waals surface area (Å²) in [5.41, 5.74) is 0. The molecule has 0 aliphatic carbocycles. The minimum Gasteiger partial charge on any atom is -0.380 e. The van der Waals surface area contributed by atoms with Crippen LogP contribution in [0.2, 0.25) is 42.3 Å². The second-order valence-electron chi connectivity index (χ2n) is 7.30. The third-order valence-electron chi connectivity index (χ3n) is 6.06. The van der Waals surface area contributed by atoms with Gasteiger partial charge in [-0.15, -0.1) is 0 Å². The van der Waals surface area contributed by atoms with Gasteiger partial charge in [-0.2, -0.15) is 0 Å². The lowest BCUT2D eigenvalue weighted by atomic mass is 10.2. The van der Waals surface area contributed by atoms with Crippen molar-refractivity contribution in [3.05, 3.63) is 0 Å². The van der Waals surface area contributed by atoms with Crippen LogP contribution >= 0.6 is 0 Å². The zero-order valence-corrected chi connectivity index (χ0v) is 21.7. The van der Waals surface area contributed by atoms with Crippen LogP contribution in [0.5, 0.6) is 0 Å². The first-order valence-corrected chi connectivity index (χ1v) is 17.6. The van der Waals surface area contributed by atoms with E-state index in [0.29, 0.717) is 0 Å². The molecule has 25 heavy (non-hydrogen) atoms. The number of unbranched alkanes of at least 4 members (excludes halogenated alkanes) is 3. The summed E-state index contributed by atoms with van der Waals surface area (Å²) in [5, 5.41) is 0. The van der Waals surface area contributed by atoms with E-state index >= 15 is 0 Å². The zero-order chi connectivity index (χ0) is 19.2. The molecule has 0 unspecified atom stereocenters. The van der Waals surface area contributed by atoms with E-state index in [0.717, 1.165) is 36.3 Å². The van der Waals surface area contributed by atoms with E-state index in [2.05, 4.69) is 48.5 Å². The summed E-state index contributed by atoms with van der Waals surface area (Å²) in [7, 11) is -3.96. The van der Waals surface area contributed by atoms with Gasteiger partial charge in [0.25, 0.3) is 0 Å². The third kappa shape index (κ3) is 9.33. The molecule has 0 aromatic carbocycles. The fourth-order valence-corrected chi connectivity index (χ4v) is 9.86. The number of rotatable bonds is 17. The first-order chi connectivity index (χ1) is 12.0. The van der Waals surface area contributed by atoms with Gasteiger partial charge in [-0.05, 0) is 42.3 Å². The van der Waals surface area contributed by atoms with E-state index in [4.69, 9.17) is 13.3 Å². The minimum absolute atomic E-state index is 0.365. The van der Waals surface area contributed by atoms with E-state index in [1.165, 1.54) is 31.7 Å². The van der Waals surface area contributed by atoms with Gasteiger partial charge in [-0.1, -0.05) is 74.1 Å². The Kier molecular flexibility index (Phi) is 14.9. The van der Waals surface area contributed by atoms with Crippen molar-refractivity contribution in [3.8, 4) is 0 Å². The van der Waals surface area contributed by atoms with Crippen LogP contribution in [0.1, 0.15) is 74.1 Å². The van der Waals surface area contributed by atoms with Crippen LogP contribution in [0.25, 0.3) is 0 Å². The Morgan fingerprint density at radius 2 is 1.08 bits per heavy atom. The molecular weight excluding hydrogens is 360 g/mol. The Balaban J connectivity index is 4.86. The monoisotopic (exact) mass is 406 g/mol. The molecule has 0 heterocycles. The normalized spacial score (nSPS) is 13.4. The number of hydrogen-bond acceptors (Lipinski definition) is 3.